The number of hydrogen-bond acceptors (Lipinski definition) is 3. The molecule has 1 aromatic rings. The molecule has 3 nitrogen and oxygen atoms in total. The molecule has 2 rings (SSSR count). The van der Waals surface area contributed by atoms with E-state index in [9.17, 15) is 13.9 Å². The first-order valence-corrected chi connectivity index (χ1v) is 6.79. The van der Waals surface area contributed by atoms with Crippen molar-refractivity contribution in [2.45, 2.75) is 38.2 Å². The Morgan fingerprint density at radius 1 is 1.35 bits per heavy atom. The van der Waals surface area contributed by atoms with Crippen LogP contribution in [0.5, 0.6) is 0 Å². The Hall–Kier alpha value is -1.67. The lowest BCUT2D eigenvalue weighted by Gasteiger charge is -2.35. The summed E-state index contributed by atoms with van der Waals surface area (Å²) < 4.78 is 27.4. The Bertz CT molecular complexity index is 508. The van der Waals surface area contributed by atoms with Crippen molar-refractivity contribution >= 4 is 5.69 Å². The second-order valence-corrected chi connectivity index (χ2v) is 5.69. The SMILES string of the molecule is CC1CCC(O)(CNc2c(F)cc(C#N)cc2F)CC1. The van der Waals surface area contributed by atoms with E-state index in [1.54, 1.807) is 6.07 Å². The highest BCUT2D eigenvalue weighted by molar-refractivity contribution is 5.50. The number of aliphatic hydroxyl groups is 1. The van der Waals surface area contributed by atoms with Crippen LogP contribution in [0.3, 0.4) is 0 Å². The van der Waals surface area contributed by atoms with Gasteiger partial charge in [-0.3, -0.25) is 0 Å². The third-order valence-electron chi connectivity index (χ3n) is 3.97. The quantitative estimate of drug-likeness (QED) is 0.894. The van der Waals surface area contributed by atoms with Gasteiger partial charge in [-0.25, -0.2) is 8.78 Å². The minimum Gasteiger partial charge on any atom is -0.388 e. The molecule has 0 saturated heterocycles. The van der Waals surface area contributed by atoms with E-state index in [0.29, 0.717) is 18.8 Å². The lowest BCUT2D eigenvalue weighted by atomic mass is 9.79. The van der Waals surface area contributed by atoms with Gasteiger partial charge < -0.3 is 10.4 Å². The average molecular weight is 280 g/mol. The Kier molecular flexibility index (Phi) is 4.24. The zero-order chi connectivity index (χ0) is 14.8. The van der Waals surface area contributed by atoms with Crippen LogP contribution in [0.4, 0.5) is 14.5 Å². The molecule has 0 aromatic heterocycles. The zero-order valence-corrected chi connectivity index (χ0v) is 11.4. The van der Waals surface area contributed by atoms with E-state index in [0.717, 1.165) is 25.0 Å². The fourth-order valence-corrected chi connectivity index (χ4v) is 2.54. The fraction of sp³-hybridized carbons (Fsp3) is 0.533. The lowest BCUT2D eigenvalue weighted by Crippen LogP contribution is -2.40. The number of anilines is 1. The summed E-state index contributed by atoms with van der Waals surface area (Å²) in [5, 5.41) is 21.7. The molecule has 0 radical (unpaired) electrons. The van der Waals surface area contributed by atoms with Crippen LogP contribution >= 0.6 is 0 Å². The van der Waals surface area contributed by atoms with E-state index < -0.39 is 17.2 Å². The van der Waals surface area contributed by atoms with Gasteiger partial charge in [0.05, 0.1) is 17.2 Å². The largest absolute Gasteiger partial charge is 0.388 e. The molecule has 0 atom stereocenters. The van der Waals surface area contributed by atoms with Gasteiger partial charge in [0, 0.05) is 6.54 Å². The van der Waals surface area contributed by atoms with E-state index in [1.165, 1.54) is 0 Å². The highest BCUT2D eigenvalue weighted by atomic mass is 19.1. The predicted molar refractivity (Wildman–Crippen MR) is 72.1 cm³/mol. The molecule has 0 spiro atoms. The van der Waals surface area contributed by atoms with Crippen LogP contribution in [0.15, 0.2) is 12.1 Å². The molecule has 0 unspecified atom stereocenters. The monoisotopic (exact) mass is 280 g/mol. The van der Waals surface area contributed by atoms with Crippen LogP contribution in [-0.4, -0.2) is 17.3 Å². The van der Waals surface area contributed by atoms with Crippen molar-refractivity contribution in [3.8, 4) is 6.07 Å². The van der Waals surface area contributed by atoms with Gasteiger partial charge in [0.2, 0.25) is 0 Å². The molecular weight excluding hydrogens is 262 g/mol. The Morgan fingerprint density at radius 3 is 2.40 bits per heavy atom. The Labute approximate surface area is 117 Å². The van der Waals surface area contributed by atoms with Gasteiger partial charge in [-0.2, -0.15) is 5.26 Å². The summed E-state index contributed by atoms with van der Waals surface area (Å²) >= 11 is 0. The average Bonchev–Trinajstić information content (AvgIpc) is 2.41. The fourth-order valence-electron chi connectivity index (χ4n) is 2.54. The third-order valence-corrected chi connectivity index (χ3v) is 3.97. The van der Waals surface area contributed by atoms with E-state index >= 15 is 0 Å². The highest BCUT2D eigenvalue weighted by Gasteiger charge is 2.32. The molecule has 108 valence electrons. The number of nitrogens with zero attached hydrogens (tertiary/aromatic N) is 1. The summed E-state index contributed by atoms with van der Waals surface area (Å²) in [7, 11) is 0. The molecule has 1 aromatic carbocycles. The number of nitriles is 1. The number of benzene rings is 1. The van der Waals surface area contributed by atoms with Gasteiger partial charge in [-0.15, -0.1) is 0 Å². The Morgan fingerprint density at radius 2 is 1.90 bits per heavy atom. The van der Waals surface area contributed by atoms with Crippen molar-refractivity contribution in [2.24, 2.45) is 5.92 Å². The normalized spacial score (nSPS) is 26.1. The second kappa shape index (κ2) is 5.76. The summed E-state index contributed by atoms with van der Waals surface area (Å²) in [6, 6.07) is 3.67. The molecule has 0 bridgehead atoms. The van der Waals surface area contributed by atoms with Gasteiger partial charge in [-0.05, 0) is 43.7 Å². The maximum atomic E-state index is 13.7. The highest BCUT2D eigenvalue weighted by Crippen LogP contribution is 2.32. The molecule has 1 aliphatic carbocycles. The minimum absolute atomic E-state index is 0.0595. The van der Waals surface area contributed by atoms with Crippen LogP contribution in [-0.2, 0) is 0 Å². The molecule has 0 heterocycles. The van der Waals surface area contributed by atoms with Crippen LogP contribution in [0.25, 0.3) is 0 Å². The molecule has 1 aliphatic rings. The van der Waals surface area contributed by atoms with Crippen LogP contribution in [0.1, 0.15) is 38.2 Å². The van der Waals surface area contributed by atoms with Crippen molar-refractivity contribution in [3.63, 3.8) is 0 Å². The third kappa shape index (κ3) is 3.26. The van der Waals surface area contributed by atoms with E-state index in [4.69, 9.17) is 5.26 Å². The first-order valence-electron chi connectivity index (χ1n) is 6.79. The van der Waals surface area contributed by atoms with Crippen LogP contribution < -0.4 is 5.32 Å². The first-order chi connectivity index (χ1) is 9.43. The maximum absolute atomic E-state index is 13.7. The summed E-state index contributed by atoms with van der Waals surface area (Å²) in [4.78, 5) is 0. The molecule has 0 amide bonds. The second-order valence-electron chi connectivity index (χ2n) is 5.69. The standard InChI is InChI=1S/C15H18F2N2O/c1-10-2-4-15(20,5-3-10)9-19-14-12(16)6-11(8-18)7-13(14)17/h6-7,10,19-20H,2-5,9H2,1H3. The smallest absolute Gasteiger partial charge is 0.150 e. The predicted octanol–water partition coefficient (Wildman–Crippen LogP) is 3.19. The molecule has 2 N–H and O–H groups in total. The maximum Gasteiger partial charge on any atom is 0.150 e. The summed E-state index contributed by atoms with van der Waals surface area (Å²) in [5.41, 5.74) is -1.26. The van der Waals surface area contributed by atoms with Crippen LogP contribution in [0, 0.1) is 28.9 Å². The lowest BCUT2D eigenvalue weighted by molar-refractivity contribution is 0.00492. The van der Waals surface area contributed by atoms with E-state index in [-0.39, 0.29) is 17.8 Å². The number of hydrogen-bond donors (Lipinski definition) is 2. The molecular formula is C15H18F2N2O. The molecule has 0 aliphatic heterocycles. The van der Waals surface area contributed by atoms with Crippen molar-refractivity contribution in [1.82, 2.24) is 0 Å². The topological polar surface area (TPSA) is 56.0 Å². The van der Waals surface area contributed by atoms with Crippen molar-refractivity contribution in [2.75, 3.05) is 11.9 Å². The van der Waals surface area contributed by atoms with Gasteiger partial charge >= 0.3 is 0 Å². The minimum atomic E-state index is -0.917. The van der Waals surface area contributed by atoms with Crippen molar-refractivity contribution < 1.29 is 13.9 Å². The zero-order valence-electron chi connectivity index (χ0n) is 11.4. The first kappa shape index (κ1) is 14.7. The van der Waals surface area contributed by atoms with Gasteiger partial charge in [-0.1, -0.05) is 6.92 Å². The van der Waals surface area contributed by atoms with Gasteiger partial charge in [0.1, 0.15) is 5.69 Å². The molecule has 1 fully saturated rings. The molecule has 1 saturated carbocycles. The number of nitrogens with one attached hydrogen (secondary N) is 1. The summed E-state index contributed by atoms with van der Waals surface area (Å²) in [6.45, 7) is 2.24. The summed E-state index contributed by atoms with van der Waals surface area (Å²) in [5.74, 6) is -1.04. The Balaban J connectivity index is 2.06. The van der Waals surface area contributed by atoms with Crippen LogP contribution in [0.2, 0.25) is 0 Å². The number of halogens is 2. The molecule has 5 heteroatoms. The van der Waals surface area contributed by atoms with E-state index in [2.05, 4.69) is 12.2 Å². The number of rotatable bonds is 3. The molecule has 20 heavy (non-hydrogen) atoms. The summed E-state index contributed by atoms with van der Waals surface area (Å²) in [6.07, 6.45) is 3.08. The van der Waals surface area contributed by atoms with Crippen molar-refractivity contribution in [3.05, 3.63) is 29.3 Å². The van der Waals surface area contributed by atoms with Gasteiger partial charge in [0.15, 0.2) is 11.6 Å². The van der Waals surface area contributed by atoms with Crippen molar-refractivity contribution in [1.29, 1.82) is 5.26 Å². The van der Waals surface area contributed by atoms with E-state index in [1.807, 2.05) is 0 Å². The van der Waals surface area contributed by atoms with Gasteiger partial charge in [0.25, 0.3) is 0 Å².